The molecule has 0 atom stereocenters. The Labute approximate surface area is 115 Å². The first-order valence-electron chi connectivity index (χ1n) is 6.11. The molecule has 1 amide bonds. The average Bonchev–Trinajstić information content (AvgIpc) is 2.46. The summed E-state index contributed by atoms with van der Waals surface area (Å²) in [5, 5.41) is 2.58. The highest BCUT2D eigenvalue weighted by Crippen LogP contribution is 2.10. The van der Waals surface area contributed by atoms with Gasteiger partial charge in [-0.05, 0) is 35.9 Å². The number of nitrogens with one attached hydrogen (secondary N) is 1. The minimum Gasteiger partial charge on any atom is -0.348 e. The Hall–Kier alpha value is -2.27. The second-order valence-corrected chi connectivity index (χ2v) is 4.32. The van der Waals surface area contributed by atoms with Crippen LogP contribution in [0.4, 0.5) is 8.78 Å². The molecule has 0 fully saturated rings. The monoisotopic (exact) mass is 276 g/mol. The molecule has 2 aromatic carbocycles. The average molecular weight is 276 g/mol. The third-order valence-electron chi connectivity index (χ3n) is 2.90. The van der Waals surface area contributed by atoms with Crippen molar-refractivity contribution in [2.24, 2.45) is 5.73 Å². The first kappa shape index (κ1) is 14.1. The van der Waals surface area contributed by atoms with Crippen LogP contribution in [0.2, 0.25) is 0 Å². The zero-order valence-electron chi connectivity index (χ0n) is 10.7. The number of carbonyl (C=O) groups excluding carboxylic acids is 1. The van der Waals surface area contributed by atoms with Crippen molar-refractivity contribution >= 4 is 5.91 Å². The number of nitrogens with two attached hydrogens (primary N) is 1. The predicted molar refractivity (Wildman–Crippen MR) is 71.9 cm³/mol. The molecule has 3 nitrogen and oxygen atoms in total. The lowest BCUT2D eigenvalue weighted by atomic mass is 10.1. The highest BCUT2D eigenvalue weighted by molar-refractivity contribution is 5.94. The van der Waals surface area contributed by atoms with Crippen molar-refractivity contribution < 1.29 is 13.6 Å². The number of carbonyl (C=O) groups is 1. The van der Waals surface area contributed by atoms with Gasteiger partial charge in [-0.15, -0.1) is 0 Å². The van der Waals surface area contributed by atoms with Gasteiger partial charge in [-0.3, -0.25) is 4.79 Å². The van der Waals surface area contributed by atoms with Crippen molar-refractivity contribution in [3.05, 3.63) is 70.8 Å². The molecule has 0 saturated heterocycles. The molecule has 0 radical (unpaired) electrons. The number of amides is 1. The molecule has 0 aliphatic carbocycles. The third-order valence-corrected chi connectivity index (χ3v) is 2.90. The van der Waals surface area contributed by atoms with E-state index in [0.29, 0.717) is 16.7 Å². The summed E-state index contributed by atoms with van der Waals surface area (Å²) in [6.45, 7) is 0.325. The SMILES string of the molecule is NCc1ccc(CNC(=O)c2ccc(F)cc2)c(F)c1. The minimum absolute atomic E-state index is 0.0624. The quantitative estimate of drug-likeness (QED) is 0.900. The van der Waals surface area contributed by atoms with Crippen LogP contribution in [-0.4, -0.2) is 5.91 Å². The van der Waals surface area contributed by atoms with Crippen molar-refractivity contribution in [3.63, 3.8) is 0 Å². The molecule has 0 unspecified atom stereocenters. The third kappa shape index (κ3) is 3.39. The molecule has 0 bridgehead atoms. The van der Waals surface area contributed by atoms with E-state index in [1.807, 2.05) is 0 Å². The normalized spacial score (nSPS) is 10.3. The molecular weight excluding hydrogens is 262 g/mol. The topological polar surface area (TPSA) is 55.1 Å². The van der Waals surface area contributed by atoms with Crippen molar-refractivity contribution in [2.45, 2.75) is 13.1 Å². The lowest BCUT2D eigenvalue weighted by Crippen LogP contribution is -2.23. The van der Waals surface area contributed by atoms with Gasteiger partial charge in [-0.2, -0.15) is 0 Å². The Kier molecular flexibility index (Phi) is 4.42. The second-order valence-electron chi connectivity index (χ2n) is 4.32. The molecule has 3 N–H and O–H groups in total. The van der Waals surface area contributed by atoms with E-state index in [4.69, 9.17) is 5.73 Å². The molecule has 0 spiro atoms. The fraction of sp³-hybridized carbons (Fsp3) is 0.133. The van der Waals surface area contributed by atoms with E-state index >= 15 is 0 Å². The summed E-state index contributed by atoms with van der Waals surface area (Å²) in [5.41, 5.74) is 6.80. The maximum absolute atomic E-state index is 13.7. The Morgan fingerprint density at radius 2 is 1.80 bits per heavy atom. The van der Waals surface area contributed by atoms with Gasteiger partial charge in [0.2, 0.25) is 0 Å². The maximum Gasteiger partial charge on any atom is 0.251 e. The van der Waals surface area contributed by atoms with Crippen LogP contribution in [0, 0.1) is 11.6 Å². The van der Waals surface area contributed by atoms with Gasteiger partial charge in [-0.1, -0.05) is 12.1 Å². The summed E-state index contributed by atoms with van der Waals surface area (Å²) >= 11 is 0. The maximum atomic E-state index is 13.7. The second kappa shape index (κ2) is 6.25. The van der Waals surface area contributed by atoms with E-state index in [0.717, 1.165) is 0 Å². The summed E-state index contributed by atoms with van der Waals surface area (Å²) in [6, 6.07) is 9.79. The highest BCUT2D eigenvalue weighted by Gasteiger charge is 2.08. The number of halogens is 2. The van der Waals surface area contributed by atoms with E-state index < -0.39 is 11.6 Å². The van der Waals surface area contributed by atoms with E-state index in [1.165, 1.54) is 30.3 Å². The van der Waals surface area contributed by atoms with Gasteiger partial charge in [0.1, 0.15) is 11.6 Å². The molecule has 2 rings (SSSR count). The number of hydrogen-bond donors (Lipinski definition) is 2. The van der Waals surface area contributed by atoms with E-state index in [2.05, 4.69) is 5.32 Å². The summed E-state index contributed by atoms with van der Waals surface area (Å²) in [4.78, 5) is 11.8. The fourth-order valence-corrected chi connectivity index (χ4v) is 1.74. The Bertz CT molecular complexity index is 612. The number of hydrogen-bond acceptors (Lipinski definition) is 2. The first-order chi connectivity index (χ1) is 9.60. The molecule has 104 valence electrons. The van der Waals surface area contributed by atoms with Crippen LogP contribution in [0.25, 0.3) is 0 Å². The van der Waals surface area contributed by atoms with Crippen LogP contribution < -0.4 is 11.1 Å². The van der Waals surface area contributed by atoms with Gasteiger partial charge in [0, 0.05) is 24.2 Å². The van der Waals surface area contributed by atoms with Crippen LogP contribution >= 0.6 is 0 Å². The highest BCUT2D eigenvalue weighted by atomic mass is 19.1. The lowest BCUT2D eigenvalue weighted by molar-refractivity contribution is 0.0950. The Morgan fingerprint density at radius 1 is 1.10 bits per heavy atom. The van der Waals surface area contributed by atoms with Gasteiger partial charge >= 0.3 is 0 Å². The molecule has 0 aliphatic heterocycles. The predicted octanol–water partition coefficient (Wildman–Crippen LogP) is 2.35. The molecule has 0 saturated carbocycles. The van der Waals surface area contributed by atoms with E-state index in [1.54, 1.807) is 12.1 Å². The van der Waals surface area contributed by atoms with Crippen molar-refractivity contribution in [2.75, 3.05) is 0 Å². The molecular formula is C15H14F2N2O. The van der Waals surface area contributed by atoms with Crippen LogP contribution in [-0.2, 0) is 13.1 Å². The van der Waals surface area contributed by atoms with E-state index in [9.17, 15) is 13.6 Å². The standard InChI is InChI=1S/C15H14F2N2O/c16-13-5-3-11(4-6-13)15(20)19-9-12-2-1-10(8-18)7-14(12)17/h1-7H,8-9,18H2,(H,19,20). The summed E-state index contributed by atoms with van der Waals surface area (Å²) < 4.78 is 26.4. The van der Waals surface area contributed by atoms with Gasteiger partial charge in [0.25, 0.3) is 5.91 Å². The summed E-state index contributed by atoms with van der Waals surface area (Å²) in [6.07, 6.45) is 0. The van der Waals surface area contributed by atoms with Crippen LogP contribution in [0.1, 0.15) is 21.5 Å². The zero-order chi connectivity index (χ0) is 14.5. The van der Waals surface area contributed by atoms with Crippen LogP contribution in [0.3, 0.4) is 0 Å². The zero-order valence-corrected chi connectivity index (χ0v) is 10.7. The van der Waals surface area contributed by atoms with Crippen molar-refractivity contribution in [1.82, 2.24) is 5.32 Å². The lowest BCUT2D eigenvalue weighted by Gasteiger charge is -2.07. The van der Waals surface area contributed by atoms with Crippen molar-refractivity contribution in [1.29, 1.82) is 0 Å². The van der Waals surface area contributed by atoms with Crippen LogP contribution in [0.5, 0.6) is 0 Å². The Morgan fingerprint density at radius 3 is 2.40 bits per heavy atom. The number of benzene rings is 2. The van der Waals surface area contributed by atoms with Crippen LogP contribution in [0.15, 0.2) is 42.5 Å². The molecule has 5 heteroatoms. The molecule has 2 aromatic rings. The van der Waals surface area contributed by atoms with Gasteiger partial charge in [0.05, 0.1) is 0 Å². The van der Waals surface area contributed by atoms with Gasteiger partial charge in [0.15, 0.2) is 0 Å². The summed E-state index contributed by atoms with van der Waals surface area (Å²) in [7, 11) is 0. The first-order valence-corrected chi connectivity index (χ1v) is 6.11. The molecule has 0 aliphatic rings. The summed E-state index contributed by atoms with van der Waals surface area (Å²) in [5.74, 6) is -1.20. The minimum atomic E-state index is -0.412. The molecule has 0 aromatic heterocycles. The fourth-order valence-electron chi connectivity index (χ4n) is 1.74. The van der Waals surface area contributed by atoms with Gasteiger partial charge < -0.3 is 11.1 Å². The Balaban J connectivity index is 2.01. The van der Waals surface area contributed by atoms with Gasteiger partial charge in [-0.25, -0.2) is 8.78 Å². The molecule has 0 heterocycles. The smallest absolute Gasteiger partial charge is 0.251 e. The van der Waals surface area contributed by atoms with E-state index in [-0.39, 0.29) is 19.0 Å². The number of rotatable bonds is 4. The largest absolute Gasteiger partial charge is 0.348 e. The van der Waals surface area contributed by atoms with Crippen molar-refractivity contribution in [3.8, 4) is 0 Å². The molecule has 20 heavy (non-hydrogen) atoms.